The number of benzene rings is 6. The van der Waals surface area contributed by atoms with Crippen molar-refractivity contribution in [2.75, 3.05) is 0 Å². The minimum absolute atomic E-state index is 0.0270. The Balaban J connectivity index is 0.000000221. The van der Waals surface area contributed by atoms with Gasteiger partial charge in [-0.15, -0.1) is 0 Å². The molecule has 2 amide bonds. The fraction of sp³-hybridized carbons (Fsp3) is 0.418. The van der Waals surface area contributed by atoms with E-state index in [9.17, 15) is 33.6 Å². The molecule has 8 rings (SSSR count). The summed E-state index contributed by atoms with van der Waals surface area (Å²) in [6.45, 7) is 5.96. The number of Topliss-reactive ketones (excluding diaryl/α,β-unsaturated/α-hetero) is 4. The average molecular weight is 1020 g/mol. The third-order valence-electron chi connectivity index (χ3n) is 16.0. The van der Waals surface area contributed by atoms with Gasteiger partial charge in [-0.1, -0.05) is 179 Å². The number of carbonyl (C=O) groups is 7. The van der Waals surface area contributed by atoms with E-state index >= 15 is 0 Å². The quantitative estimate of drug-likeness (QED) is 0.0575. The zero-order valence-electron chi connectivity index (χ0n) is 44.9. The Hall–Kier alpha value is -6.87. The number of rotatable bonds is 24. The summed E-state index contributed by atoms with van der Waals surface area (Å²) >= 11 is 0. The van der Waals surface area contributed by atoms with Gasteiger partial charge >= 0.3 is 0 Å². The number of nitrogens with one attached hydrogen (secondary N) is 2. The minimum Gasteiger partial charge on any atom is -0.353 e. The number of carbonyl (C=O) groups excluding carboxylic acids is 7. The van der Waals surface area contributed by atoms with Crippen LogP contribution in [0.2, 0.25) is 0 Å². The maximum atomic E-state index is 13.6. The van der Waals surface area contributed by atoms with E-state index in [2.05, 4.69) is 66.1 Å². The molecule has 0 aliphatic heterocycles. The maximum absolute atomic E-state index is 13.6. The van der Waals surface area contributed by atoms with Gasteiger partial charge in [0.1, 0.15) is 29.4 Å². The monoisotopic (exact) mass is 1020 g/mol. The first kappa shape index (κ1) is 56.8. The zero-order valence-corrected chi connectivity index (χ0v) is 44.9. The molecular weight excluding hydrogens is 945 g/mol. The van der Waals surface area contributed by atoms with E-state index in [0.717, 1.165) is 84.3 Å². The molecule has 2 saturated carbocycles. The van der Waals surface area contributed by atoms with Gasteiger partial charge in [-0.2, -0.15) is 0 Å². The normalized spacial score (nSPS) is 18.0. The Morgan fingerprint density at radius 1 is 0.513 bits per heavy atom. The van der Waals surface area contributed by atoms with Crippen LogP contribution in [-0.4, -0.2) is 53.3 Å². The third-order valence-corrected chi connectivity index (χ3v) is 16.0. The first-order valence-corrected chi connectivity index (χ1v) is 28.1. The van der Waals surface area contributed by atoms with Gasteiger partial charge in [0.2, 0.25) is 11.8 Å². The van der Waals surface area contributed by atoms with E-state index in [-0.39, 0.29) is 71.7 Å². The lowest BCUT2D eigenvalue weighted by Crippen LogP contribution is -2.43. The van der Waals surface area contributed by atoms with Crippen LogP contribution in [0.25, 0.3) is 21.5 Å². The first-order valence-electron chi connectivity index (χ1n) is 28.1. The summed E-state index contributed by atoms with van der Waals surface area (Å²) in [5.74, 6) is -1.34. The largest absolute Gasteiger partial charge is 0.353 e. The van der Waals surface area contributed by atoms with Crippen molar-refractivity contribution in [1.29, 1.82) is 0 Å². The summed E-state index contributed by atoms with van der Waals surface area (Å²) in [4.78, 5) is 90.4. The summed E-state index contributed by atoms with van der Waals surface area (Å²) in [5.41, 5.74) is 4.30. The molecule has 398 valence electrons. The van der Waals surface area contributed by atoms with Crippen molar-refractivity contribution in [3.8, 4) is 0 Å². The number of hydrogen-bond donors (Lipinski definition) is 2. The van der Waals surface area contributed by atoms with Crippen LogP contribution in [0, 0.1) is 35.5 Å². The molecule has 2 aliphatic carbocycles. The Kier molecular flexibility index (Phi) is 21.6. The molecule has 0 heterocycles. The zero-order chi connectivity index (χ0) is 53.8. The standard InChI is InChI=1S/C34H41NO3.C33H37NO4/c1-3-30(22-28-15-8-10-19-32(28)36)35-34(38)29(21-25-12-5-4-6-13-25)23-33(37)24(2)20-27-17-11-16-26-14-7-9-18-31(26)27;1-23(18-26-15-9-14-25-12-5-7-16-30(25)26)32(37)21-28(19-24-10-3-2-4-11-24)33(38)34-29(22-35)20-27-13-6-8-17-31(27)36/h4-7,9,11-14,16-18,24,28-30H,3,8,10,15,19-23H2,1-2H3,(H,35,38);2-5,7,9-12,14-16,22-23,27-29H,6,8,13,17-21H2,1H3,(H,34,38)/t24-,28-,29+,30+;23-,27-,28+,29-/m00/s1. The molecule has 6 aromatic carbocycles. The highest BCUT2D eigenvalue weighted by Crippen LogP contribution is 2.29. The number of ketones is 4. The molecule has 0 radical (unpaired) electrons. The van der Waals surface area contributed by atoms with Crippen molar-refractivity contribution in [2.24, 2.45) is 35.5 Å². The summed E-state index contributed by atoms with van der Waals surface area (Å²) in [6, 6.07) is 47.6. The van der Waals surface area contributed by atoms with Crippen LogP contribution >= 0.6 is 0 Å². The average Bonchev–Trinajstić information content (AvgIpc) is 3.44. The first-order chi connectivity index (χ1) is 36.9. The number of hydrogen-bond acceptors (Lipinski definition) is 7. The Bertz CT molecular complexity index is 2890. The summed E-state index contributed by atoms with van der Waals surface area (Å²) < 4.78 is 0. The molecule has 0 saturated heterocycles. The Morgan fingerprint density at radius 3 is 1.38 bits per heavy atom. The molecule has 0 spiro atoms. The lowest BCUT2D eigenvalue weighted by atomic mass is 9.82. The van der Waals surface area contributed by atoms with Crippen molar-refractivity contribution < 1.29 is 33.6 Å². The van der Waals surface area contributed by atoms with Crippen LogP contribution in [0.1, 0.15) is 126 Å². The van der Waals surface area contributed by atoms with E-state index in [1.54, 1.807) is 0 Å². The lowest BCUT2D eigenvalue weighted by molar-refractivity contribution is -0.132. The van der Waals surface area contributed by atoms with Crippen molar-refractivity contribution >= 4 is 62.8 Å². The Labute approximate surface area is 450 Å². The van der Waals surface area contributed by atoms with Crippen LogP contribution in [0.5, 0.6) is 0 Å². The van der Waals surface area contributed by atoms with E-state index < -0.39 is 17.9 Å². The van der Waals surface area contributed by atoms with Crippen LogP contribution in [0.4, 0.5) is 0 Å². The van der Waals surface area contributed by atoms with Crippen LogP contribution < -0.4 is 10.6 Å². The molecule has 8 atom stereocenters. The molecule has 76 heavy (non-hydrogen) atoms. The molecule has 0 aromatic heterocycles. The van der Waals surface area contributed by atoms with Gasteiger partial charge in [-0.05, 0) is 114 Å². The number of fused-ring (bicyclic) bond motifs is 2. The SMILES string of the molecule is CC[C@H](C[C@@H]1CCCCC1=O)NC(=O)[C@@H](CC(=O)[C@@H](C)Cc1cccc2ccccc12)Cc1ccccc1.C[C@@H](Cc1cccc2ccccc12)C(=O)C[C@@H](Cc1ccccc1)C(=O)N[C@H](C=O)C[C@@H]1CCCCC1=O. The minimum atomic E-state index is -0.726. The van der Waals surface area contributed by atoms with Crippen molar-refractivity contribution in [1.82, 2.24) is 10.6 Å². The summed E-state index contributed by atoms with van der Waals surface area (Å²) in [6.07, 6.45) is 11.8. The predicted octanol–water partition coefficient (Wildman–Crippen LogP) is 12.6. The molecular formula is C67H78N2O7. The second-order valence-electron chi connectivity index (χ2n) is 21.8. The smallest absolute Gasteiger partial charge is 0.224 e. The van der Waals surface area contributed by atoms with Gasteiger partial charge < -0.3 is 15.4 Å². The van der Waals surface area contributed by atoms with Crippen molar-refractivity contribution in [3.63, 3.8) is 0 Å². The highest BCUT2D eigenvalue weighted by Gasteiger charge is 2.32. The van der Waals surface area contributed by atoms with E-state index in [1.165, 1.54) is 10.8 Å². The number of amides is 2. The summed E-state index contributed by atoms with van der Waals surface area (Å²) in [7, 11) is 0. The molecule has 2 fully saturated rings. The molecule has 0 bridgehead atoms. The van der Waals surface area contributed by atoms with Gasteiger partial charge in [0.05, 0.1) is 6.04 Å². The fourth-order valence-corrected chi connectivity index (χ4v) is 11.4. The molecule has 0 unspecified atom stereocenters. The Morgan fingerprint density at radius 2 is 0.934 bits per heavy atom. The molecule has 9 heteroatoms. The van der Waals surface area contributed by atoms with E-state index in [4.69, 9.17) is 0 Å². The van der Waals surface area contributed by atoms with E-state index in [0.29, 0.717) is 57.1 Å². The van der Waals surface area contributed by atoms with E-state index in [1.807, 2.05) is 111 Å². The molecule has 9 nitrogen and oxygen atoms in total. The second-order valence-corrected chi connectivity index (χ2v) is 21.8. The third kappa shape index (κ3) is 16.6. The van der Waals surface area contributed by atoms with Crippen molar-refractivity contribution in [2.45, 2.75) is 142 Å². The second kappa shape index (κ2) is 28.9. The molecule has 6 aromatic rings. The van der Waals surface area contributed by atoms with Crippen LogP contribution in [0.15, 0.2) is 146 Å². The topological polar surface area (TPSA) is 144 Å². The van der Waals surface area contributed by atoms with Gasteiger partial charge in [0, 0.05) is 67.2 Å². The highest BCUT2D eigenvalue weighted by molar-refractivity contribution is 5.92. The number of aldehydes is 1. The van der Waals surface area contributed by atoms with Crippen LogP contribution in [-0.2, 0) is 59.2 Å². The summed E-state index contributed by atoms with van der Waals surface area (Å²) in [5, 5.41) is 10.7. The highest BCUT2D eigenvalue weighted by atomic mass is 16.2. The van der Waals surface area contributed by atoms with Crippen LogP contribution in [0.3, 0.4) is 0 Å². The van der Waals surface area contributed by atoms with Gasteiger partial charge in [-0.25, -0.2) is 0 Å². The van der Waals surface area contributed by atoms with Crippen molar-refractivity contribution in [3.05, 3.63) is 168 Å². The lowest BCUT2D eigenvalue weighted by Gasteiger charge is -2.27. The predicted molar refractivity (Wildman–Crippen MR) is 304 cm³/mol. The van der Waals surface area contributed by atoms with Gasteiger partial charge in [-0.3, -0.25) is 28.8 Å². The maximum Gasteiger partial charge on any atom is 0.224 e. The van der Waals surface area contributed by atoms with Gasteiger partial charge in [0.15, 0.2) is 0 Å². The van der Waals surface area contributed by atoms with Gasteiger partial charge in [0.25, 0.3) is 0 Å². The fourth-order valence-electron chi connectivity index (χ4n) is 11.4. The molecule has 2 aliphatic rings. The molecule has 2 N–H and O–H groups in total.